The largest absolute Gasteiger partial charge is 0.492 e. The summed E-state index contributed by atoms with van der Waals surface area (Å²) in [5, 5.41) is 5.82. The summed E-state index contributed by atoms with van der Waals surface area (Å²) in [6.07, 6.45) is 0. The third kappa shape index (κ3) is 4.76. The monoisotopic (exact) mass is 395 g/mol. The fourth-order valence-corrected chi connectivity index (χ4v) is 4.04. The quantitative estimate of drug-likeness (QED) is 0.756. The lowest BCUT2D eigenvalue weighted by atomic mass is 10.2. The maximum atomic E-state index is 12.4. The second kappa shape index (κ2) is 8.91. The topological polar surface area (TPSA) is 87.7 Å². The summed E-state index contributed by atoms with van der Waals surface area (Å²) in [5.74, 6) is 1.54. The molecule has 1 aliphatic heterocycles. The molecule has 1 atom stereocenters. The van der Waals surface area contributed by atoms with Gasteiger partial charge in [0.05, 0.1) is 12.6 Å². The smallest absolute Gasteiger partial charge is 0.246 e. The van der Waals surface area contributed by atoms with Crippen LogP contribution in [0, 0.1) is 0 Å². The van der Waals surface area contributed by atoms with Gasteiger partial charge in [-0.25, -0.2) is 12.7 Å². The van der Waals surface area contributed by atoms with Gasteiger partial charge >= 0.3 is 0 Å². The maximum Gasteiger partial charge on any atom is 0.246 e. The molecule has 136 valence electrons. The second-order valence-corrected chi connectivity index (χ2v) is 8.29. The molecule has 1 heterocycles. The minimum Gasteiger partial charge on any atom is -0.492 e. The van der Waals surface area contributed by atoms with E-state index >= 15 is 0 Å². The molecule has 0 radical (unpaired) electrons. The molecule has 1 fully saturated rings. The Labute approximate surface area is 153 Å². The van der Waals surface area contributed by atoms with Crippen molar-refractivity contribution >= 4 is 45.8 Å². The minimum absolute atomic E-state index is 0. The minimum atomic E-state index is -3.67. The Bertz CT molecular complexity index is 677. The van der Waals surface area contributed by atoms with Crippen LogP contribution in [0.3, 0.4) is 0 Å². The van der Waals surface area contributed by atoms with Gasteiger partial charge in [0.25, 0.3) is 0 Å². The molecule has 0 bridgehead atoms. The Morgan fingerprint density at radius 2 is 2.17 bits per heavy atom. The van der Waals surface area contributed by atoms with Crippen LogP contribution in [-0.4, -0.2) is 57.0 Å². The molecular weight excluding hydrogens is 374 g/mol. The van der Waals surface area contributed by atoms with E-state index in [9.17, 15) is 13.2 Å². The third-order valence-electron chi connectivity index (χ3n) is 3.30. The number of sulfonamides is 1. The van der Waals surface area contributed by atoms with E-state index in [-0.39, 0.29) is 35.0 Å². The lowest BCUT2D eigenvalue weighted by molar-refractivity contribution is -0.117. The lowest BCUT2D eigenvalue weighted by Gasteiger charge is -2.17. The Balaban J connectivity index is 0.00000288. The van der Waals surface area contributed by atoms with Crippen LogP contribution in [-0.2, 0) is 14.8 Å². The van der Waals surface area contributed by atoms with E-state index in [4.69, 9.17) is 4.74 Å². The lowest BCUT2D eigenvalue weighted by Crippen LogP contribution is -2.37. The molecular formula is C14H22ClN3O4S2. The number of carbonyl (C=O) groups is 1. The zero-order valence-corrected chi connectivity index (χ0v) is 16.2. The average Bonchev–Trinajstić information content (AvgIpc) is 3.03. The van der Waals surface area contributed by atoms with Gasteiger partial charge in [-0.1, -0.05) is 0 Å². The Hall–Kier alpha value is -1.00. The summed E-state index contributed by atoms with van der Waals surface area (Å²) in [6, 6.07) is 4.37. The Morgan fingerprint density at radius 1 is 1.46 bits per heavy atom. The van der Waals surface area contributed by atoms with E-state index in [2.05, 4.69) is 10.6 Å². The summed E-state index contributed by atoms with van der Waals surface area (Å²) in [6.45, 7) is 2.13. The number of hydrogen-bond donors (Lipinski definition) is 2. The molecule has 1 unspecified atom stereocenters. The summed E-state index contributed by atoms with van der Waals surface area (Å²) >= 11 is 1.65. The van der Waals surface area contributed by atoms with Crippen molar-refractivity contribution < 1.29 is 17.9 Å². The molecule has 2 rings (SSSR count). The van der Waals surface area contributed by atoms with Gasteiger partial charge in [0.1, 0.15) is 10.6 Å². The van der Waals surface area contributed by atoms with E-state index in [0.29, 0.717) is 18.0 Å². The number of halogens is 1. The summed E-state index contributed by atoms with van der Waals surface area (Å²) < 4.78 is 31.4. The van der Waals surface area contributed by atoms with Crippen molar-refractivity contribution in [2.75, 3.05) is 37.6 Å². The molecule has 2 N–H and O–H groups in total. The van der Waals surface area contributed by atoms with Crippen molar-refractivity contribution in [3.05, 3.63) is 18.2 Å². The molecule has 7 nitrogen and oxygen atoms in total. The summed E-state index contributed by atoms with van der Waals surface area (Å²) in [4.78, 5) is 12.2. The van der Waals surface area contributed by atoms with Crippen LogP contribution in [0.5, 0.6) is 5.75 Å². The molecule has 1 aliphatic rings. The number of thioether (sulfide) groups is 1. The summed E-state index contributed by atoms with van der Waals surface area (Å²) in [5.41, 5.74) is 0.428. The van der Waals surface area contributed by atoms with Crippen molar-refractivity contribution in [3.8, 4) is 5.75 Å². The highest BCUT2D eigenvalue weighted by Crippen LogP contribution is 2.29. The van der Waals surface area contributed by atoms with E-state index in [1.165, 1.54) is 20.2 Å². The standard InChI is InChI=1S/C14H21N3O4S2.ClH/c1-4-21-12-6-5-10(7-13(12)23(19,20)17(2)3)16-14(18)11-8-22-9-15-11;/h5-7,11,15H,4,8-9H2,1-3H3,(H,16,18);1H. The molecule has 0 spiro atoms. The van der Waals surface area contributed by atoms with Gasteiger partial charge in [-0.3, -0.25) is 10.1 Å². The van der Waals surface area contributed by atoms with Gasteiger partial charge in [-0.15, -0.1) is 24.2 Å². The van der Waals surface area contributed by atoms with Gasteiger partial charge < -0.3 is 10.1 Å². The first-order valence-electron chi connectivity index (χ1n) is 7.17. The van der Waals surface area contributed by atoms with Crippen molar-refractivity contribution in [2.24, 2.45) is 0 Å². The SMILES string of the molecule is CCOc1ccc(NC(=O)C2CSCN2)cc1S(=O)(=O)N(C)C.Cl. The third-order valence-corrected chi connectivity index (χ3v) is 6.08. The molecule has 0 aliphatic carbocycles. The van der Waals surface area contributed by atoms with E-state index in [0.717, 1.165) is 10.2 Å². The average molecular weight is 396 g/mol. The van der Waals surface area contributed by atoms with Crippen molar-refractivity contribution in [1.29, 1.82) is 0 Å². The number of hydrogen-bond acceptors (Lipinski definition) is 6. The van der Waals surface area contributed by atoms with Crippen LogP contribution >= 0.6 is 24.2 Å². The number of nitrogens with zero attached hydrogens (tertiary/aromatic N) is 1. The zero-order valence-electron chi connectivity index (χ0n) is 13.7. The fourth-order valence-electron chi connectivity index (χ4n) is 2.05. The molecule has 1 aromatic rings. The first-order chi connectivity index (χ1) is 10.9. The first kappa shape index (κ1) is 21.0. The normalized spacial score (nSPS) is 17.4. The van der Waals surface area contributed by atoms with E-state index in [1.807, 2.05) is 0 Å². The molecule has 0 aromatic heterocycles. The van der Waals surface area contributed by atoms with Crippen LogP contribution in [0.2, 0.25) is 0 Å². The first-order valence-corrected chi connectivity index (χ1v) is 9.77. The number of amides is 1. The highest BCUT2D eigenvalue weighted by Gasteiger charge is 2.25. The number of ether oxygens (including phenoxy) is 1. The predicted octanol–water partition coefficient (Wildman–Crippen LogP) is 1.36. The molecule has 10 heteroatoms. The zero-order chi connectivity index (χ0) is 17.0. The van der Waals surface area contributed by atoms with Crippen molar-refractivity contribution in [2.45, 2.75) is 17.9 Å². The number of rotatable bonds is 6. The highest BCUT2D eigenvalue weighted by molar-refractivity contribution is 7.99. The predicted molar refractivity (Wildman–Crippen MR) is 98.6 cm³/mol. The highest BCUT2D eigenvalue weighted by atomic mass is 35.5. The number of benzene rings is 1. The van der Waals surface area contributed by atoms with Gasteiger partial charge in [0, 0.05) is 31.4 Å². The molecule has 1 aromatic carbocycles. The van der Waals surface area contributed by atoms with Gasteiger partial charge in [-0.2, -0.15) is 0 Å². The molecule has 24 heavy (non-hydrogen) atoms. The van der Waals surface area contributed by atoms with Crippen LogP contribution in [0.1, 0.15) is 6.92 Å². The van der Waals surface area contributed by atoms with E-state index < -0.39 is 10.0 Å². The van der Waals surface area contributed by atoms with Crippen molar-refractivity contribution in [3.63, 3.8) is 0 Å². The Morgan fingerprint density at radius 3 is 2.71 bits per heavy atom. The number of carbonyl (C=O) groups excluding carboxylic acids is 1. The number of nitrogens with one attached hydrogen (secondary N) is 2. The number of anilines is 1. The van der Waals surface area contributed by atoms with Crippen molar-refractivity contribution in [1.82, 2.24) is 9.62 Å². The van der Waals surface area contributed by atoms with Gasteiger partial charge in [0.15, 0.2) is 0 Å². The molecule has 0 saturated carbocycles. The van der Waals surface area contributed by atoms with Crippen LogP contribution < -0.4 is 15.4 Å². The maximum absolute atomic E-state index is 12.4. The van der Waals surface area contributed by atoms with E-state index in [1.54, 1.807) is 30.8 Å². The van der Waals surface area contributed by atoms with Crippen LogP contribution in [0.4, 0.5) is 5.69 Å². The van der Waals surface area contributed by atoms with Crippen LogP contribution in [0.15, 0.2) is 23.1 Å². The van der Waals surface area contributed by atoms with Gasteiger partial charge in [-0.05, 0) is 25.1 Å². The van der Waals surface area contributed by atoms with Crippen LogP contribution in [0.25, 0.3) is 0 Å². The molecule has 1 saturated heterocycles. The summed E-state index contributed by atoms with van der Waals surface area (Å²) in [7, 11) is -0.761. The Kier molecular flexibility index (Phi) is 7.81. The molecule has 1 amide bonds. The second-order valence-electron chi connectivity index (χ2n) is 5.14. The fraction of sp³-hybridized carbons (Fsp3) is 0.500. The van der Waals surface area contributed by atoms with Gasteiger partial charge in [0.2, 0.25) is 15.9 Å².